The van der Waals surface area contributed by atoms with Gasteiger partial charge in [-0.15, -0.1) is 0 Å². The molecule has 0 aliphatic rings. The summed E-state index contributed by atoms with van der Waals surface area (Å²) < 4.78 is 5.78. The minimum atomic E-state index is -0.0811. The number of nitrogens with two attached hydrogens (primary N) is 1. The summed E-state index contributed by atoms with van der Waals surface area (Å²) in [4.78, 5) is 11.5. The number of anilines is 1. The van der Waals surface area contributed by atoms with Gasteiger partial charge in [0, 0.05) is 13.0 Å². The maximum absolute atomic E-state index is 11.5. The highest BCUT2D eigenvalue weighted by atomic mass is 16.5. The third kappa shape index (κ3) is 5.59. The number of nitrogen functional groups attached to an aromatic ring is 1. The number of rotatable bonds is 8. The quantitative estimate of drug-likeness (QED) is 0.649. The number of ether oxygens (including phenoxy) is 1. The van der Waals surface area contributed by atoms with Crippen LogP contribution in [0.4, 0.5) is 5.69 Å². The maximum Gasteiger partial charge on any atom is 0.220 e. The molecular formula is C19H24N2O3. The predicted octanol–water partition coefficient (Wildman–Crippen LogP) is 2.20. The van der Waals surface area contributed by atoms with E-state index in [9.17, 15) is 4.79 Å². The van der Waals surface area contributed by atoms with Crippen molar-refractivity contribution in [1.82, 2.24) is 5.32 Å². The number of aliphatic hydroxyl groups is 1. The van der Waals surface area contributed by atoms with Gasteiger partial charge in [-0.05, 0) is 36.6 Å². The van der Waals surface area contributed by atoms with Gasteiger partial charge in [0.25, 0.3) is 0 Å². The molecule has 5 nitrogen and oxygen atoms in total. The van der Waals surface area contributed by atoms with Gasteiger partial charge in [0.05, 0.1) is 12.3 Å². The van der Waals surface area contributed by atoms with Crippen molar-refractivity contribution in [2.75, 3.05) is 18.9 Å². The topological polar surface area (TPSA) is 84.6 Å². The van der Waals surface area contributed by atoms with E-state index < -0.39 is 0 Å². The van der Waals surface area contributed by atoms with Crippen LogP contribution in [0, 0.1) is 6.92 Å². The highest BCUT2D eigenvalue weighted by molar-refractivity contribution is 5.76. The van der Waals surface area contributed by atoms with E-state index in [4.69, 9.17) is 15.6 Å². The van der Waals surface area contributed by atoms with Crippen molar-refractivity contribution in [3.63, 3.8) is 0 Å². The van der Waals surface area contributed by atoms with E-state index in [1.165, 1.54) is 5.56 Å². The van der Waals surface area contributed by atoms with Crippen LogP contribution in [-0.4, -0.2) is 24.2 Å². The van der Waals surface area contributed by atoms with Gasteiger partial charge in [-0.25, -0.2) is 0 Å². The zero-order chi connectivity index (χ0) is 17.4. The van der Waals surface area contributed by atoms with Crippen LogP contribution in [-0.2, 0) is 17.8 Å². The number of amides is 1. The summed E-state index contributed by atoms with van der Waals surface area (Å²) in [6.07, 6.45) is 0.961. The molecule has 2 rings (SSSR count). The molecule has 0 aliphatic heterocycles. The fraction of sp³-hybridized carbons (Fsp3) is 0.316. The Kier molecular flexibility index (Phi) is 6.63. The van der Waals surface area contributed by atoms with E-state index in [1.807, 2.05) is 43.3 Å². The average Bonchev–Trinajstić information content (AvgIpc) is 2.57. The summed E-state index contributed by atoms with van der Waals surface area (Å²) in [5, 5.41) is 11.3. The smallest absolute Gasteiger partial charge is 0.220 e. The zero-order valence-electron chi connectivity index (χ0n) is 13.9. The molecule has 0 spiro atoms. The lowest BCUT2D eigenvalue weighted by Gasteiger charge is -2.11. The van der Waals surface area contributed by atoms with Gasteiger partial charge in [-0.3, -0.25) is 4.79 Å². The molecule has 0 fully saturated rings. The van der Waals surface area contributed by atoms with Gasteiger partial charge in [-0.1, -0.05) is 35.9 Å². The summed E-state index contributed by atoms with van der Waals surface area (Å²) >= 11 is 0. The number of nitrogens with one attached hydrogen (secondary N) is 1. The van der Waals surface area contributed by atoms with Gasteiger partial charge in [-0.2, -0.15) is 0 Å². The Morgan fingerprint density at radius 3 is 2.75 bits per heavy atom. The van der Waals surface area contributed by atoms with Crippen molar-refractivity contribution in [2.45, 2.75) is 26.4 Å². The van der Waals surface area contributed by atoms with E-state index in [2.05, 4.69) is 11.4 Å². The highest BCUT2D eigenvalue weighted by Crippen LogP contribution is 2.24. The molecule has 2 aromatic carbocycles. The Hall–Kier alpha value is -2.53. The molecule has 5 heteroatoms. The van der Waals surface area contributed by atoms with E-state index in [0.717, 1.165) is 11.1 Å². The first-order valence-electron chi connectivity index (χ1n) is 8.03. The number of carbonyl (C=O) groups is 1. The predicted molar refractivity (Wildman–Crippen MR) is 94.8 cm³/mol. The molecule has 0 saturated heterocycles. The van der Waals surface area contributed by atoms with Crippen LogP contribution in [0.15, 0.2) is 42.5 Å². The Labute approximate surface area is 142 Å². The van der Waals surface area contributed by atoms with E-state index in [0.29, 0.717) is 30.9 Å². The second kappa shape index (κ2) is 8.93. The van der Waals surface area contributed by atoms with Crippen LogP contribution in [0.1, 0.15) is 23.1 Å². The maximum atomic E-state index is 11.5. The molecular weight excluding hydrogens is 304 g/mol. The van der Waals surface area contributed by atoms with E-state index >= 15 is 0 Å². The summed E-state index contributed by atoms with van der Waals surface area (Å²) in [5.74, 6) is 0.562. The number of carbonyl (C=O) groups excluding carboxylic acids is 1. The van der Waals surface area contributed by atoms with Crippen LogP contribution in [0.25, 0.3) is 0 Å². The third-order valence-corrected chi connectivity index (χ3v) is 3.63. The molecule has 0 aromatic heterocycles. The molecule has 128 valence electrons. The Morgan fingerprint density at radius 1 is 1.21 bits per heavy atom. The second-order valence-electron chi connectivity index (χ2n) is 5.72. The highest BCUT2D eigenvalue weighted by Gasteiger charge is 2.06. The molecule has 0 saturated carbocycles. The normalized spacial score (nSPS) is 10.4. The van der Waals surface area contributed by atoms with Crippen molar-refractivity contribution < 1.29 is 14.6 Å². The number of aryl methyl sites for hydroxylation is 2. The Bertz CT molecular complexity index is 686. The second-order valence-corrected chi connectivity index (χ2v) is 5.72. The van der Waals surface area contributed by atoms with Crippen LogP contribution in [0.3, 0.4) is 0 Å². The number of aliphatic hydroxyl groups excluding tert-OH is 1. The first kappa shape index (κ1) is 17.8. The monoisotopic (exact) mass is 328 g/mol. The van der Waals surface area contributed by atoms with Gasteiger partial charge < -0.3 is 20.9 Å². The lowest BCUT2D eigenvalue weighted by molar-refractivity contribution is -0.121. The van der Waals surface area contributed by atoms with Crippen LogP contribution >= 0.6 is 0 Å². The van der Waals surface area contributed by atoms with Gasteiger partial charge >= 0.3 is 0 Å². The number of benzene rings is 2. The summed E-state index contributed by atoms with van der Waals surface area (Å²) in [6.45, 7) is 2.75. The van der Waals surface area contributed by atoms with Crippen LogP contribution in [0.2, 0.25) is 0 Å². The van der Waals surface area contributed by atoms with Crippen molar-refractivity contribution in [3.05, 3.63) is 59.2 Å². The van der Waals surface area contributed by atoms with Crippen molar-refractivity contribution in [2.24, 2.45) is 0 Å². The molecule has 0 radical (unpaired) electrons. The molecule has 24 heavy (non-hydrogen) atoms. The van der Waals surface area contributed by atoms with Gasteiger partial charge in [0.1, 0.15) is 12.4 Å². The van der Waals surface area contributed by atoms with Gasteiger partial charge in [0.2, 0.25) is 5.91 Å². The minimum Gasteiger partial charge on any atom is -0.487 e. The van der Waals surface area contributed by atoms with E-state index in [1.54, 1.807) is 0 Å². The summed E-state index contributed by atoms with van der Waals surface area (Å²) in [7, 11) is 0. The fourth-order valence-corrected chi connectivity index (χ4v) is 2.39. The van der Waals surface area contributed by atoms with Crippen molar-refractivity contribution in [1.29, 1.82) is 0 Å². The molecule has 0 bridgehead atoms. The lowest BCUT2D eigenvalue weighted by Crippen LogP contribution is -2.26. The van der Waals surface area contributed by atoms with Crippen LogP contribution in [0.5, 0.6) is 5.75 Å². The summed E-state index contributed by atoms with van der Waals surface area (Å²) in [6, 6.07) is 13.7. The minimum absolute atomic E-state index is 0.0499. The SMILES string of the molecule is Cc1cccc(COc2ccc(CCC(=O)NCCO)cc2N)c1. The molecule has 1 amide bonds. The molecule has 2 aromatic rings. The van der Waals surface area contributed by atoms with Crippen LogP contribution < -0.4 is 15.8 Å². The van der Waals surface area contributed by atoms with E-state index in [-0.39, 0.29) is 19.1 Å². The van der Waals surface area contributed by atoms with Crippen molar-refractivity contribution >= 4 is 11.6 Å². The van der Waals surface area contributed by atoms with Crippen molar-refractivity contribution in [3.8, 4) is 5.75 Å². The zero-order valence-corrected chi connectivity index (χ0v) is 13.9. The van der Waals surface area contributed by atoms with Gasteiger partial charge in [0.15, 0.2) is 0 Å². The molecule has 0 heterocycles. The number of hydrogen-bond donors (Lipinski definition) is 3. The molecule has 4 N–H and O–H groups in total. The average molecular weight is 328 g/mol. The first-order valence-corrected chi connectivity index (χ1v) is 8.03. The lowest BCUT2D eigenvalue weighted by atomic mass is 10.1. The largest absolute Gasteiger partial charge is 0.487 e. The molecule has 0 aliphatic carbocycles. The third-order valence-electron chi connectivity index (χ3n) is 3.63. The number of hydrogen-bond acceptors (Lipinski definition) is 4. The Morgan fingerprint density at radius 2 is 2.04 bits per heavy atom. The summed E-state index contributed by atoms with van der Waals surface area (Å²) in [5.41, 5.74) is 9.88. The fourth-order valence-electron chi connectivity index (χ4n) is 2.39. The first-order chi connectivity index (χ1) is 11.6. The standard InChI is InChI=1S/C19H24N2O3/c1-14-3-2-4-16(11-14)13-24-18-7-5-15(12-17(18)20)6-8-19(23)21-9-10-22/h2-5,7,11-12,22H,6,8-10,13,20H2,1H3,(H,21,23). The molecule has 0 atom stereocenters. The molecule has 0 unspecified atom stereocenters. The Balaban J connectivity index is 1.88.